The summed E-state index contributed by atoms with van der Waals surface area (Å²) in [7, 11) is 0. The van der Waals surface area contributed by atoms with Crippen molar-refractivity contribution in [3.8, 4) is 0 Å². The van der Waals surface area contributed by atoms with Gasteiger partial charge in [0.2, 0.25) is 0 Å². The Labute approximate surface area is 109 Å². The summed E-state index contributed by atoms with van der Waals surface area (Å²) < 4.78 is 0. The second kappa shape index (κ2) is 6.61. The fourth-order valence-corrected chi connectivity index (χ4v) is 2.17. The molecule has 5 nitrogen and oxygen atoms in total. The van der Waals surface area contributed by atoms with E-state index in [1.54, 1.807) is 0 Å². The van der Waals surface area contributed by atoms with Gasteiger partial charge in [0.25, 0.3) is 0 Å². The van der Waals surface area contributed by atoms with Gasteiger partial charge in [0, 0.05) is 26.1 Å². The summed E-state index contributed by atoms with van der Waals surface area (Å²) in [4.78, 5) is 24.0. The molecule has 2 N–H and O–H groups in total. The van der Waals surface area contributed by atoms with Gasteiger partial charge in [-0.05, 0) is 24.7 Å². The van der Waals surface area contributed by atoms with Gasteiger partial charge in [-0.1, -0.05) is 20.3 Å². The van der Waals surface area contributed by atoms with Crippen molar-refractivity contribution >= 4 is 12.0 Å². The van der Waals surface area contributed by atoms with Crippen LogP contribution in [0.3, 0.4) is 0 Å². The lowest BCUT2D eigenvalue weighted by molar-refractivity contribution is -0.137. The van der Waals surface area contributed by atoms with Gasteiger partial charge in [-0.3, -0.25) is 4.79 Å². The van der Waals surface area contributed by atoms with E-state index in [4.69, 9.17) is 5.11 Å². The van der Waals surface area contributed by atoms with Crippen LogP contribution in [0.2, 0.25) is 0 Å². The molecular weight excluding hydrogens is 232 g/mol. The third kappa shape index (κ3) is 5.38. The van der Waals surface area contributed by atoms with Crippen LogP contribution in [-0.4, -0.2) is 41.6 Å². The van der Waals surface area contributed by atoms with Crippen LogP contribution in [0.4, 0.5) is 4.79 Å². The van der Waals surface area contributed by atoms with Crippen molar-refractivity contribution in [2.75, 3.05) is 19.6 Å². The molecule has 1 aliphatic heterocycles. The maximum absolute atomic E-state index is 11.8. The first-order chi connectivity index (χ1) is 8.41. The first kappa shape index (κ1) is 14.8. The highest BCUT2D eigenvalue weighted by Crippen LogP contribution is 2.28. The summed E-state index contributed by atoms with van der Waals surface area (Å²) in [5.41, 5.74) is 0.235. The number of aliphatic carboxylic acids is 1. The van der Waals surface area contributed by atoms with Crippen molar-refractivity contribution in [1.82, 2.24) is 10.2 Å². The Bertz CT molecular complexity index is 303. The first-order valence-corrected chi connectivity index (χ1v) is 6.65. The van der Waals surface area contributed by atoms with E-state index in [1.165, 1.54) is 0 Å². The lowest BCUT2D eigenvalue weighted by atomic mass is 9.93. The van der Waals surface area contributed by atoms with Gasteiger partial charge >= 0.3 is 12.0 Å². The van der Waals surface area contributed by atoms with E-state index in [-0.39, 0.29) is 17.9 Å². The molecule has 2 amide bonds. The molecule has 1 rings (SSSR count). The maximum Gasteiger partial charge on any atom is 0.317 e. The number of carbonyl (C=O) groups excluding carboxylic acids is 1. The van der Waals surface area contributed by atoms with Crippen molar-refractivity contribution < 1.29 is 14.7 Å². The number of rotatable bonds is 6. The molecule has 104 valence electrons. The number of amides is 2. The van der Waals surface area contributed by atoms with Gasteiger partial charge in [0.1, 0.15) is 0 Å². The minimum atomic E-state index is -0.752. The highest BCUT2D eigenvalue weighted by Gasteiger charge is 2.31. The molecule has 1 heterocycles. The molecule has 1 fully saturated rings. The van der Waals surface area contributed by atoms with E-state index in [2.05, 4.69) is 19.2 Å². The van der Waals surface area contributed by atoms with E-state index < -0.39 is 5.97 Å². The van der Waals surface area contributed by atoms with Crippen LogP contribution < -0.4 is 5.32 Å². The normalized spacial score (nSPS) is 17.8. The Morgan fingerprint density at radius 1 is 1.28 bits per heavy atom. The third-order valence-electron chi connectivity index (χ3n) is 3.31. The number of likely N-dealkylation sites (tertiary alicyclic amines) is 1. The molecule has 0 saturated carbocycles. The monoisotopic (exact) mass is 256 g/mol. The second-order valence-electron chi connectivity index (χ2n) is 5.77. The quantitative estimate of drug-likeness (QED) is 0.715. The van der Waals surface area contributed by atoms with Gasteiger partial charge in [0.15, 0.2) is 0 Å². The number of nitrogens with zero attached hydrogens (tertiary/aromatic N) is 1. The largest absolute Gasteiger partial charge is 0.481 e. The highest BCUT2D eigenvalue weighted by molar-refractivity contribution is 5.74. The van der Waals surface area contributed by atoms with Gasteiger partial charge in [0.05, 0.1) is 0 Å². The molecule has 1 aliphatic rings. The third-order valence-corrected chi connectivity index (χ3v) is 3.31. The summed E-state index contributed by atoms with van der Waals surface area (Å²) >= 11 is 0. The molecule has 0 spiro atoms. The first-order valence-electron chi connectivity index (χ1n) is 6.65. The highest BCUT2D eigenvalue weighted by atomic mass is 16.4. The van der Waals surface area contributed by atoms with E-state index in [1.807, 2.05) is 4.90 Å². The van der Waals surface area contributed by atoms with Crippen molar-refractivity contribution in [3.63, 3.8) is 0 Å². The number of carboxylic acid groups (broad SMARTS) is 1. The van der Waals surface area contributed by atoms with E-state index in [0.717, 1.165) is 32.4 Å². The molecule has 0 aliphatic carbocycles. The van der Waals surface area contributed by atoms with Crippen LogP contribution in [0.15, 0.2) is 0 Å². The molecule has 0 aromatic rings. The van der Waals surface area contributed by atoms with E-state index in [9.17, 15) is 9.59 Å². The number of hydrogen-bond donors (Lipinski definition) is 2. The molecule has 0 aromatic heterocycles. The Morgan fingerprint density at radius 3 is 2.56 bits per heavy atom. The number of carbonyl (C=O) groups is 2. The van der Waals surface area contributed by atoms with Gasteiger partial charge in [-0.25, -0.2) is 4.79 Å². The zero-order valence-electron chi connectivity index (χ0n) is 11.4. The maximum atomic E-state index is 11.8. The molecular formula is C13H24N2O3. The number of carboxylic acids is 1. The van der Waals surface area contributed by atoms with Crippen LogP contribution in [0.25, 0.3) is 0 Å². The number of urea groups is 1. The standard InChI is InChI=1S/C13H24N2O3/c1-13(2)7-9-15(10-13)12(18)14-8-5-3-4-6-11(16)17/h3-10H2,1-2H3,(H,14,18)(H,16,17). The van der Waals surface area contributed by atoms with Crippen molar-refractivity contribution in [3.05, 3.63) is 0 Å². The molecule has 0 radical (unpaired) electrons. The Morgan fingerprint density at radius 2 is 2.00 bits per heavy atom. The fraction of sp³-hybridized carbons (Fsp3) is 0.846. The van der Waals surface area contributed by atoms with Crippen LogP contribution in [0, 0.1) is 5.41 Å². The second-order valence-corrected chi connectivity index (χ2v) is 5.77. The molecule has 18 heavy (non-hydrogen) atoms. The summed E-state index contributed by atoms with van der Waals surface area (Å²) in [6.07, 6.45) is 3.64. The van der Waals surface area contributed by atoms with E-state index in [0.29, 0.717) is 13.0 Å². The van der Waals surface area contributed by atoms with E-state index >= 15 is 0 Å². The molecule has 0 bridgehead atoms. The Kier molecular flexibility index (Phi) is 5.44. The van der Waals surface area contributed by atoms with Crippen molar-refractivity contribution in [2.24, 2.45) is 5.41 Å². The Balaban J connectivity index is 2.06. The van der Waals surface area contributed by atoms with Crippen LogP contribution in [0.5, 0.6) is 0 Å². The average Bonchev–Trinajstić information content (AvgIpc) is 2.63. The lowest BCUT2D eigenvalue weighted by Crippen LogP contribution is -2.39. The SMILES string of the molecule is CC1(C)CCN(C(=O)NCCCCCC(=O)O)C1. The molecule has 1 saturated heterocycles. The minimum Gasteiger partial charge on any atom is -0.481 e. The van der Waals surface area contributed by atoms with Crippen LogP contribution in [0.1, 0.15) is 46.0 Å². The summed E-state index contributed by atoms with van der Waals surface area (Å²) in [6, 6.07) is 0.0128. The molecule has 0 aromatic carbocycles. The zero-order chi connectivity index (χ0) is 13.6. The predicted molar refractivity (Wildman–Crippen MR) is 69.5 cm³/mol. The van der Waals surface area contributed by atoms with Gasteiger partial charge in [-0.2, -0.15) is 0 Å². The summed E-state index contributed by atoms with van der Waals surface area (Å²) in [5.74, 6) is -0.752. The molecule has 5 heteroatoms. The van der Waals surface area contributed by atoms with Crippen molar-refractivity contribution in [1.29, 1.82) is 0 Å². The molecule has 0 atom stereocenters. The van der Waals surface area contributed by atoms with Gasteiger partial charge < -0.3 is 15.3 Å². The Hall–Kier alpha value is -1.26. The number of hydrogen-bond acceptors (Lipinski definition) is 2. The van der Waals surface area contributed by atoms with Gasteiger partial charge in [-0.15, -0.1) is 0 Å². The predicted octanol–water partition coefficient (Wildman–Crippen LogP) is 2.07. The van der Waals surface area contributed by atoms with Crippen LogP contribution >= 0.6 is 0 Å². The van der Waals surface area contributed by atoms with Crippen LogP contribution in [-0.2, 0) is 4.79 Å². The lowest BCUT2D eigenvalue weighted by Gasteiger charge is -2.20. The fourth-order valence-electron chi connectivity index (χ4n) is 2.17. The molecule has 0 unspecified atom stereocenters. The smallest absolute Gasteiger partial charge is 0.317 e. The summed E-state index contributed by atoms with van der Waals surface area (Å²) in [5, 5.41) is 11.4. The summed E-state index contributed by atoms with van der Waals surface area (Å²) in [6.45, 7) is 6.63. The zero-order valence-corrected chi connectivity index (χ0v) is 11.4. The number of unbranched alkanes of at least 4 members (excludes halogenated alkanes) is 2. The minimum absolute atomic E-state index is 0.0128. The number of nitrogens with one attached hydrogen (secondary N) is 1. The van der Waals surface area contributed by atoms with Crippen molar-refractivity contribution in [2.45, 2.75) is 46.0 Å². The topological polar surface area (TPSA) is 69.6 Å². The average molecular weight is 256 g/mol.